The van der Waals surface area contributed by atoms with Crippen molar-refractivity contribution in [1.29, 1.82) is 0 Å². The number of thioether (sulfide) groups is 1. The Morgan fingerprint density at radius 1 is 1.00 bits per heavy atom. The van der Waals surface area contributed by atoms with Gasteiger partial charge < -0.3 is 19.3 Å². The van der Waals surface area contributed by atoms with Gasteiger partial charge in [-0.3, -0.25) is 4.79 Å². The van der Waals surface area contributed by atoms with Gasteiger partial charge >= 0.3 is 5.97 Å². The molecule has 0 atom stereocenters. The number of ether oxygens (including phenoxy) is 1. The number of aromatic carboxylic acids is 1. The van der Waals surface area contributed by atoms with E-state index in [1.54, 1.807) is 31.1 Å². The van der Waals surface area contributed by atoms with Crippen molar-refractivity contribution in [3.8, 4) is 17.0 Å². The molecule has 6 nitrogen and oxygen atoms in total. The second kappa shape index (κ2) is 11.4. The number of carboxylic acid groups (broad SMARTS) is 1. The Kier molecular flexibility index (Phi) is 7.74. The van der Waals surface area contributed by atoms with Crippen LogP contribution >= 0.6 is 11.8 Å². The number of amides is 1. The lowest BCUT2D eigenvalue weighted by atomic mass is 9.89. The molecular formula is C31H32N2O4S. The number of carbonyl (C=O) groups excluding carboxylic acids is 1. The molecule has 1 aliphatic rings. The van der Waals surface area contributed by atoms with Crippen LogP contribution in [0.4, 0.5) is 0 Å². The van der Waals surface area contributed by atoms with E-state index in [0.29, 0.717) is 12.5 Å². The molecule has 0 spiro atoms. The molecule has 0 bridgehead atoms. The van der Waals surface area contributed by atoms with Crippen LogP contribution in [0.2, 0.25) is 0 Å². The summed E-state index contributed by atoms with van der Waals surface area (Å²) in [7, 11) is 3.49. The summed E-state index contributed by atoms with van der Waals surface area (Å²) < 4.78 is 8.04. The molecule has 2 heterocycles. The SMILES string of the molecule is CN(C)C(=O)Cn1c(-c2ccc(OCc3ccccc3)cc2)c(C2CCSCC2)c2ccc(C(=O)O)cc21. The topological polar surface area (TPSA) is 71.8 Å². The van der Waals surface area contributed by atoms with Crippen molar-refractivity contribution in [2.45, 2.75) is 31.9 Å². The van der Waals surface area contributed by atoms with Gasteiger partial charge in [0.1, 0.15) is 18.9 Å². The monoisotopic (exact) mass is 528 g/mol. The summed E-state index contributed by atoms with van der Waals surface area (Å²) in [5, 5.41) is 10.7. The second-order valence-electron chi connectivity index (χ2n) is 9.86. The Morgan fingerprint density at radius 3 is 2.37 bits per heavy atom. The molecular weight excluding hydrogens is 496 g/mol. The van der Waals surface area contributed by atoms with Crippen molar-refractivity contribution in [3.63, 3.8) is 0 Å². The fourth-order valence-electron chi connectivity index (χ4n) is 5.11. The van der Waals surface area contributed by atoms with E-state index in [1.165, 1.54) is 5.56 Å². The maximum Gasteiger partial charge on any atom is 0.335 e. The highest BCUT2D eigenvalue weighted by molar-refractivity contribution is 7.99. The fourth-order valence-corrected chi connectivity index (χ4v) is 6.22. The first-order valence-electron chi connectivity index (χ1n) is 12.9. The number of nitrogens with zero attached hydrogens (tertiary/aromatic N) is 2. The summed E-state index contributed by atoms with van der Waals surface area (Å²) in [6.45, 7) is 0.621. The smallest absolute Gasteiger partial charge is 0.335 e. The number of aromatic nitrogens is 1. The summed E-state index contributed by atoms with van der Waals surface area (Å²) >= 11 is 1.97. The molecule has 0 aliphatic carbocycles. The van der Waals surface area contributed by atoms with Gasteiger partial charge in [0.25, 0.3) is 0 Å². The van der Waals surface area contributed by atoms with Crippen molar-refractivity contribution in [2.24, 2.45) is 0 Å². The highest BCUT2D eigenvalue weighted by Crippen LogP contribution is 2.44. The van der Waals surface area contributed by atoms with Crippen molar-refractivity contribution >= 4 is 34.5 Å². The van der Waals surface area contributed by atoms with Gasteiger partial charge in [0.05, 0.1) is 16.8 Å². The molecule has 3 aromatic carbocycles. The third-order valence-corrected chi connectivity index (χ3v) is 8.20. The standard InChI is InChI=1S/C31H32N2O4S/c1-32(2)28(34)19-33-27-18-24(31(35)36)10-13-26(27)29(22-14-16-38-17-15-22)30(33)23-8-11-25(12-9-23)37-20-21-6-4-3-5-7-21/h3-13,18,22H,14-17,19-20H2,1-2H3,(H,35,36). The van der Waals surface area contributed by atoms with E-state index in [1.807, 2.05) is 77.0 Å². The maximum atomic E-state index is 13.0. The van der Waals surface area contributed by atoms with Crippen molar-refractivity contribution < 1.29 is 19.4 Å². The molecule has 4 aromatic rings. The van der Waals surface area contributed by atoms with Gasteiger partial charge in [-0.15, -0.1) is 0 Å². The minimum absolute atomic E-state index is 0.0440. The Hall–Kier alpha value is -3.71. The van der Waals surface area contributed by atoms with Crippen LogP contribution in [-0.2, 0) is 17.9 Å². The number of carboxylic acids is 1. The van der Waals surface area contributed by atoms with Gasteiger partial charge in [-0.2, -0.15) is 11.8 Å². The van der Waals surface area contributed by atoms with Crippen molar-refractivity contribution in [3.05, 3.63) is 89.5 Å². The summed E-state index contributed by atoms with van der Waals surface area (Å²) in [6, 6.07) is 23.4. The molecule has 1 saturated heterocycles. The number of hydrogen-bond donors (Lipinski definition) is 1. The molecule has 0 unspecified atom stereocenters. The summed E-state index contributed by atoms with van der Waals surface area (Å²) in [6.07, 6.45) is 2.11. The van der Waals surface area contributed by atoms with Crippen LogP contribution in [0.5, 0.6) is 5.75 Å². The Bertz CT molecular complexity index is 1440. The molecule has 1 amide bonds. The van der Waals surface area contributed by atoms with E-state index in [0.717, 1.165) is 57.8 Å². The number of hydrogen-bond acceptors (Lipinski definition) is 4. The molecule has 5 rings (SSSR count). The molecule has 1 N–H and O–H groups in total. The first kappa shape index (κ1) is 25.9. The Labute approximate surface area is 227 Å². The summed E-state index contributed by atoms with van der Waals surface area (Å²) in [5.74, 6) is 2.27. The zero-order valence-corrected chi connectivity index (χ0v) is 22.5. The molecule has 1 aliphatic heterocycles. The van der Waals surface area contributed by atoms with Gasteiger partial charge in [0.15, 0.2) is 0 Å². The first-order chi connectivity index (χ1) is 18.4. The van der Waals surface area contributed by atoms with Crippen LogP contribution in [-0.4, -0.2) is 52.1 Å². The Balaban J connectivity index is 1.62. The lowest BCUT2D eigenvalue weighted by Crippen LogP contribution is -2.26. The number of fused-ring (bicyclic) bond motifs is 1. The van der Waals surface area contributed by atoms with E-state index in [-0.39, 0.29) is 18.0 Å². The van der Waals surface area contributed by atoms with Gasteiger partial charge in [-0.1, -0.05) is 36.4 Å². The van der Waals surface area contributed by atoms with Crippen LogP contribution in [0, 0.1) is 0 Å². The average molecular weight is 529 g/mol. The first-order valence-corrected chi connectivity index (χ1v) is 14.0. The van der Waals surface area contributed by atoms with Gasteiger partial charge in [0.2, 0.25) is 5.91 Å². The molecule has 7 heteroatoms. The molecule has 38 heavy (non-hydrogen) atoms. The average Bonchev–Trinajstić information content (AvgIpc) is 3.26. The number of benzene rings is 3. The van der Waals surface area contributed by atoms with E-state index >= 15 is 0 Å². The second-order valence-corrected chi connectivity index (χ2v) is 11.1. The van der Waals surface area contributed by atoms with Crippen LogP contribution in [0.3, 0.4) is 0 Å². The van der Waals surface area contributed by atoms with E-state index in [9.17, 15) is 14.7 Å². The number of rotatable bonds is 8. The quantitative estimate of drug-likeness (QED) is 0.291. The highest BCUT2D eigenvalue weighted by Gasteiger charge is 2.28. The van der Waals surface area contributed by atoms with E-state index < -0.39 is 5.97 Å². The normalized spacial score (nSPS) is 13.9. The predicted molar refractivity (Wildman–Crippen MR) is 153 cm³/mol. The highest BCUT2D eigenvalue weighted by atomic mass is 32.2. The molecule has 196 valence electrons. The molecule has 0 saturated carbocycles. The number of carbonyl (C=O) groups is 2. The zero-order valence-electron chi connectivity index (χ0n) is 21.7. The van der Waals surface area contributed by atoms with Crippen molar-refractivity contribution in [1.82, 2.24) is 9.47 Å². The van der Waals surface area contributed by atoms with Crippen LogP contribution in [0.15, 0.2) is 72.8 Å². The lowest BCUT2D eigenvalue weighted by molar-refractivity contribution is -0.129. The van der Waals surface area contributed by atoms with E-state index in [4.69, 9.17) is 4.74 Å². The number of likely N-dealkylation sites (N-methyl/N-ethyl adjacent to an activating group) is 1. The van der Waals surface area contributed by atoms with Gasteiger partial charge in [-0.25, -0.2) is 4.79 Å². The molecule has 1 fully saturated rings. The van der Waals surface area contributed by atoms with Crippen LogP contribution < -0.4 is 4.74 Å². The molecule has 1 aromatic heterocycles. The fraction of sp³-hybridized carbons (Fsp3) is 0.290. The maximum absolute atomic E-state index is 13.0. The minimum Gasteiger partial charge on any atom is -0.489 e. The van der Waals surface area contributed by atoms with Crippen LogP contribution in [0.1, 0.15) is 40.2 Å². The zero-order chi connectivity index (χ0) is 26.6. The molecule has 0 radical (unpaired) electrons. The third kappa shape index (κ3) is 5.43. The third-order valence-electron chi connectivity index (χ3n) is 7.15. The Morgan fingerprint density at radius 2 is 1.71 bits per heavy atom. The lowest BCUT2D eigenvalue weighted by Gasteiger charge is -2.24. The van der Waals surface area contributed by atoms with E-state index in [2.05, 4.69) is 0 Å². The van der Waals surface area contributed by atoms with Gasteiger partial charge in [0, 0.05) is 19.5 Å². The van der Waals surface area contributed by atoms with Gasteiger partial charge in [-0.05, 0) is 83.4 Å². The van der Waals surface area contributed by atoms with Crippen molar-refractivity contribution in [2.75, 3.05) is 25.6 Å². The minimum atomic E-state index is -0.976. The van der Waals surface area contributed by atoms with Crippen LogP contribution in [0.25, 0.3) is 22.2 Å². The predicted octanol–water partition coefficient (Wildman–Crippen LogP) is 6.28. The largest absolute Gasteiger partial charge is 0.489 e. The summed E-state index contributed by atoms with van der Waals surface area (Å²) in [5.41, 5.74) is 5.30. The summed E-state index contributed by atoms with van der Waals surface area (Å²) in [4.78, 5) is 26.4.